The van der Waals surface area contributed by atoms with Crippen LogP contribution >= 0.6 is 21.6 Å². The highest BCUT2D eigenvalue weighted by atomic mass is 33.1. The van der Waals surface area contributed by atoms with Gasteiger partial charge >= 0.3 is 11.7 Å². The number of pyridine rings is 1. The summed E-state index contributed by atoms with van der Waals surface area (Å²) >= 11 is 0. The molecule has 1 atom stereocenters. The topological polar surface area (TPSA) is 82.3 Å². The Morgan fingerprint density at radius 2 is 2.20 bits per heavy atom. The Balaban J connectivity index is 0.00000172. The van der Waals surface area contributed by atoms with Gasteiger partial charge in [0.2, 0.25) is 0 Å². The largest absolute Gasteiger partial charge is 0.465 e. The molecule has 0 N–H and O–H groups in total. The van der Waals surface area contributed by atoms with Gasteiger partial charge < -0.3 is 4.74 Å². The van der Waals surface area contributed by atoms with Crippen LogP contribution in [0.2, 0.25) is 0 Å². The number of hydrogen-bond acceptors (Lipinski definition) is 7. The van der Waals surface area contributed by atoms with Gasteiger partial charge in [0.05, 0.1) is 4.92 Å². The van der Waals surface area contributed by atoms with Crippen molar-refractivity contribution in [1.82, 2.24) is 4.98 Å². The maximum atomic E-state index is 10.8. The third kappa shape index (κ3) is 7.34. The van der Waals surface area contributed by atoms with E-state index in [1.54, 1.807) is 0 Å². The fourth-order valence-electron chi connectivity index (χ4n) is 0.976. The highest BCUT2D eigenvalue weighted by Crippen LogP contribution is 2.37. The number of hydrogen-bond donors (Lipinski definition) is 0. The molecule has 0 radical (unpaired) electrons. The van der Waals surface area contributed by atoms with Crippen LogP contribution in [-0.2, 0) is 9.53 Å². The summed E-state index contributed by atoms with van der Waals surface area (Å²) in [5.74, 6) is -0.337. The quantitative estimate of drug-likeness (QED) is 0.342. The first kappa shape index (κ1) is 18.7. The van der Waals surface area contributed by atoms with Gasteiger partial charge in [0, 0.05) is 24.4 Å². The van der Waals surface area contributed by atoms with Gasteiger partial charge in [-0.15, -0.1) is 0 Å². The molecule has 0 saturated carbocycles. The molecule has 1 aromatic rings. The minimum Gasteiger partial charge on any atom is -0.465 e. The van der Waals surface area contributed by atoms with Crippen LogP contribution in [0.3, 0.4) is 0 Å². The van der Waals surface area contributed by atoms with Gasteiger partial charge in [0.1, 0.15) is 6.61 Å². The number of esters is 1. The van der Waals surface area contributed by atoms with Crippen molar-refractivity contribution < 1.29 is 14.5 Å². The van der Waals surface area contributed by atoms with Gasteiger partial charge in [-0.05, 0) is 23.8 Å². The highest BCUT2D eigenvalue weighted by Gasteiger charge is 2.16. The molecular weight excluding hydrogens is 300 g/mol. The lowest BCUT2D eigenvalue weighted by Gasteiger charge is -2.09. The van der Waals surface area contributed by atoms with E-state index in [1.165, 1.54) is 46.8 Å². The Morgan fingerprint density at radius 1 is 1.55 bits per heavy atom. The molecule has 1 heterocycles. The summed E-state index contributed by atoms with van der Waals surface area (Å²) in [5, 5.41) is 11.1. The zero-order chi connectivity index (χ0) is 15.5. The molecule has 0 amide bonds. The van der Waals surface area contributed by atoms with Crippen LogP contribution in [-0.4, -0.2) is 27.7 Å². The van der Waals surface area contributed by atoms with Crippen molar-refractivity contribution in [2.75, 3.05) is 6.61 Å². The molecular formula is C12H18N2O4S2. The second-order valence-corrected chi connectivity index (χ2v) is 6.01. The van der Waals surface area contributed by atoms with Crippen LogP contribution in [0, 0.1) is 10.1 Å². The summed E-state index contributed by atoms with van der Waals surface area (Å²) in [5.41, 5.74) is -0.0188. The molecule has 0 aliphatic rings. The number of carbonyl (C=O) groups is 1. The average Bonchev–Trinajstić information content (AvgIpc) is 2.45. The predicted octanol–water partition coefficient (Wildman–Crippen LogP) is 3.71. The van der Waals surface area contributed by atoms with Crippen molar-refractivity contribution >= 4 is 33.2 Å². The zero-order valence-electron chi connectivity index (χ0n) is 11.9. The van der Waals surface area contributed by atoms with E-state index in [2.05, 4.69) is 4.98 Å². The second kappa shape index (κ2) is 10.5. The third-order valence-electron chi connectivity index (χ3n) is 1.76. The van der Waals surface area contributed by atoms with Crippen molar-refractivity contribution in [2.45, 2.75) is 38.0 Å². The highest BCUT2D eigenvalue weighted by molar-refractivity contribution is 8.76. The first-order valence-electron chi connectivity index (χ1n) is 6.06. The fourth-order valence-corrected chi connectivity index (χ4v) is 3.00. The lowest BCUT2D eigenvalue weighted by Crippen LogP contribution is -2.09. The van der Waals surface area contributed by atoms with E-state index in [1.807, 2.05) is 20.8 Å². The standard InChI is InChI=1S/C10H12N2O4S2.C2H6/c1-7(6-16-8(2)13)17-18-10-9(12(14)15)4-3-5-11-10;1-2/h3-5,7H,6H2,1-2H3;1-2H3/t7-;/m1./s1. The van der Waals surface area contributed by atoms with Crippen LogP contribution in [0.25, 0.3) is 0 Å². The van der Waals surface area contributed by atoms with Gasteiger partial charge in [0.25, 0.3) is 0 Å². The number of ether oxygens (including phenoxy) is 1. The number of nitrogens with zero attached hydrogens (tertiary/aromatic N) is 2. The van der Waals surface area contributed by atoms with Gasteiger partial charge in [-0.25, -0.2) is 4.98 Å². The number of aromatic nitrogens is 1. The molecule has 0 aromatic carbocycles. The number of rotatable bonds is 6. The molecule has 0 aliphatic carbocycles. The normalized spacial score (nSPS) is 11.0. The van der Waals surface area contributed by atoms with Crippen LogP contribution < -0.4 is 0 Å². The molecule has 0 saturated heterocycles. The summed E-state index contributed by atoms with van der Waals surface area (Å²) in [6.07, 6.45) is 1.51. The van der Waals surface area contributed by atoms with Crippen LogP contribution in [0.15, 0.2) is 23.4 Å². The Bertz CT molecular complexity index is 443. The first-order valence-corrected chi connectivity index (χ1v) is 8.28. The minimum atomic E-state index is -0.466. The Morgan fingerprint density at radius 3 is 2.75 bits per heavy atom. The van der Waals surface area contributed by atoms with E-state index in [0.717, 1.165) is 0 Å². The summed E-state index contributed by atoms with van der Waals surface area (Å²) < 4.78 is 4.84. The van der Waals surface area contributed by atoms with Gasteiger partial charge in [-0.3, -0.25) is 14.9 Å². The molecule has 8 heteroatoms. The Hall–Kier alpha value is -1.28. The van der Waals surface area contributed by atoms with Crippen molar-refractivity contribution in [3.63, 3.8) is 0 Å². The molecule has 20 heavy (non-hydrogen) atoms. The monoisotopic (exact) mass is 318 g/mol. The van der Waals surface area contributed by atoms with Crippen LogP contribution in [0.4, 0.5) is 5.69 Å². The molecule has 0 bridgehead atoms. The smallest absolute Gasteiger partial charge is 0.302 e. The van der Waals surface area contributed by atoms with Crippen molar-refractivity contribution in [3.05, 3.63) is 28.4 Å². The summed E-state index contributed by atoms with van der Waals surface area (Å²) in [6.45, 7) is 7.48. The second-order valence-electron chi connectivity index (χ2n) is 3.38. The predicted molar refractivity (Wildman–Crippen MR) is 81.8 cm³/mol. The van der Waals surface area contributed by atoms with E-state index in [-0.39, 0.29) is 23.5 Å². The summed E-state index contributed by atoms with van der Waals surface area (Å²) in [6, 6.07) is 2.93. The van der Waals surface area contributed by atoms with E-state index >= 15 is 0 Å². The summed E-state index contributed by atoms with van der Waals surface area (Å²) in [7, 11) is 2.58. The molecule has 0 fully saturated rings. The average molecular weight is 318 g/mol. The van der Waals surface area contributed by atoms with E-state index in [0.29, 0.717) is 5.03 Å². The maximum absolute atomic E-state index is 10.8. The Labute approximate surface area is 126 Å². The number of carbonyl (C=O) groups excluding carboxylic acids is 1. The lowest BCUT2D eigenvalue weighted by molar-refractivity contribution is -0.388. The molecule has 6 nitrogen and oxygen atoms in total. The van der Waals surface area contributed by atoms with E-state index < -0.39 is 4.92 Å². The molecule has 1 rings (SSSR count). The Kier molecular flexibility index (Phi) is 9.83. The van der Waals surface area contributed by atoms with E-state index in [9.17, 15) is 14.9 Å². The fraction of sp³-hybridized carbons (Fsp3) is 0.500. The molecule has 1 aromatic heterocycles. The molecule has 0 spiro atoms. The zero-order valence-corrected chi connectivity index (χ0v) is 13.5. The lowest BCUT2D eigenvalue weighted by atomic mass is 10.4. The molecule has 0 aliphatic heterocycles. The first-order chi connectivity index (χ1) is 9.50. The SMILES string of the molecule is CC.CC(=O)OC[C@@H](C)SSc1ncccc1[N+](=O)[O-]. The maximum Gasteiger partial charge on any atom is 0.302 e. The van der Waals surface area contributed by atoms with Gasteiger partial charge in [-0.2, -0.15) is 0 Å². The molecule has 112 valence electrons. The molecule has 0 unspecified atom stereocenters. The van der Waals surface area contributed by atoms with Crippen molar-refractivity contribution in [3.8, 4) is 0 Å². The van der Waals surface area contributed by atoms with Crippen LogP contribution in [0.5, 0.6) is 0 Å². The minimum absolute atomic E-state index is 0.0188. The van der Waals surface area contributed by atoms with Gasteiger partial charge in [-0.1, -0.05) is 24.6 Å². The summed E-state index contributed by atoms with van der Waals surface area (Å²) in [4.78, 5) is 24.9. The van der Waals surface area contributed by atoms with Crippen LogP contribution in [0.1, 0.15) is 27.7 Å². The van der Waals surface area contributed by atoms with Crippen molar-refractivity contribution in [1.29, 1.82) is 0 Å². The third-order valence-corrected chi connectivity index (χ3v) is 4.54. The number of nitro groups is 1. The van der Waals surface area contributed by atoms with Crippen molar-refractivity contribution in [2.24, 2.45) is 0 Å². The van der Waals surface area contributed by atoms with Gasteiger partial charge in [0.15, 0.2) is 5.03 Å². The van der Waals surface area contributed by atoms with E-state index in [4.69, 9.17) is 4.74 Å².